The summed E-state index contributed by atoms with van der Waals surface area (Å²) in [5.41, 5.74) is 6.80. The van der Waals surface area contributed by atoms with Gasteiger partial charge in [-0.05, 0) is 12.1 Å². The number of esters is 1. The molecule has 0 saturated heterocycles. The number of fused-ring (bicyclic) bond motifs is 3. The van der Waals surface area contributed by atoms with Gasteiger partial charge in [-0.15, -0.1) is 0 Å². The van der Waals surface area contributed by atoms with E-state index in [-0.39, 0.29) is 18.9 Å². The Labute approximate surface area is 241 Å². The number of rotatable bonds is 13. The molecular weight excluding hydrogens is 511 g/mol. The molecule has 5 nitrogen and oxygen atoms in total. The Hall–Kier alpha value is -4.84. The molecule has 203 valence electrons. The molecule has 1 radical (unpaired) electrons. The summed E-state index contributed by atoms with van der Waals surface area (Å²) in [4.78, 5) is 11.3. The van der Waals surface area contributed by atoms with E-state index in [9.17, 15) is 4.79 Å². The predicted molar refractivity (Wildman–Crippen MR) is 163 cm³/mol. The monoisotopic (exact) mass is 541 g/mol. The van der Waals surface area contributed by atoms with E-state index >= 15 is 0 Å². The Balaban J connectivity index is 1.48. The second-order valence-corrected chi connectivity index (χ2v) is 9.41. The van der Waals surface area contributed by atoms with Crippen LogP contribution in [0, 0.1) is 0 Å². The van der Waals surface area contributed by atoms with Gasteiger partial charge in [0.15, 0.2) is 0 Å². The van der Waals surface area contributed by atoms with Crippen molar-refractivity contribution >= 4 is 19.1 Å². The van der Waals surface area contributed by atoms with Gasteiger partial charge in [-0.3, -0.25) is 0 Å². The summed E-state index contributed by atoms with van der Waals surface area (Å²) in [5.74, 6) is 0.966. The third kappa shape index (κ3) is 5.59. The Kier molecular flexibility index (Phi) is 8.49. The van der Waals surface area contributed by atoms with Crippen LogP contribution in [0.2, 0.25) is 0 Å². The van der Waals surface area contributed by atoms with Crippen LogP contribution in [0.25, 0.3) is 11.1 Å². The Morgan fingerprint density at radius 1 is 0.634 bits per heavy atom. The molecule has 0 bridgehead atoms. The Bertz CT molecular complexity index is 1440. The van der Waals surface area contributed by atoms with E-state index in [4.69, 9.17) is 26.4 Å². The van der Waals surface area contributed by atoms with Crippen molar-refractivity contribution in [2.45, 2.75) is 5.41 Å². The number of ether oxygens (including phenoxy) is 4. The normalized spacial score (nSPS) is 12.4. The summed E-state index contributed by atoms with van der Waals surface area (Å²) >= 11 is 0. The standard InChI is InChI=1S/C35H30BO5/c1-3-33(36)40-23-21-38-27-17-13-25(14-18-27)35(26-15-19-28(20-16-26)39-22-24-41-34(37)4-2)31-11-7-5-9-29(31)30-10-6-8-12-32(30)35/h3-20H,1-2,21-24H2. The number of hydrogen-bond donors (Lipinski definition) is 0. The van der Waals surface area contributed by atoms with E-state index in [1.54, 1.807) is 0 Å². The van der Waals surface area contributed by atoms with E-state index < -0.39 is 11.4 Å². The molecule has 1 aliphatic carbocycles. The Morgan fingerprint density at radius 2 is 1.10 bits per heavy atom. The van der Waals surface area contributed by atoms with Gasteiger partial charge in [-0.1, -0.05) is 43.0 Å². The van der Waals surface area contributed by atoms with E-state index in [1.807, 2.05) is 24.3 Å². The third-order valence-corrected chi connectivity index (χ3v) is 7.11. The van der Waals surface area contributed by atoms with Gasteiger partial charge in [0.05, 0.1) is 0 Å². The van der Waals surface area contributed by atoms with E-state index in [2.05, 4.69) is 86.0 Å². The second kappa shape index (κ2) is 12.6. The molecule has 0 saturated carbocycles. The van der Waals surface area contributed by atoms with Crippen LogP contribution in [0.3, 0.4) is 0 Å². The van der Waals surface area contributed by atoms with Crippen LogP contribution < -0.4 is 9.47 Å². The molecule has 4 aromatic carbocycles. The first kappa shape index (κ1) is 27.7. The first-order valence-electron chi connectivity index (χ1n) is 13.4. The first-order valence-corrected chi connectivity index (χ1v) is 13.4. The van der Waals surface area contributed by atoms with E-state index in [0.717, 1.165) is 23.0 Å². The van der Waals surface area contributed by atoms with Gasteiger partial charge in [0, 0.05) is 6.08 Å². The Morgan fingerprint density at radius 3 is 1.56 bits per heavy atom. The van der Waals surface area contributed by atoms with Crippen molar-refractivity contribution in [2.75, 3.05) is 26.4 Å². The summed E-state index contributed by atoms with van der Waals surface area (Å²) in [6, 6.07) is 33.5. The number of benzene rings is 4. The summed E-state index contributed by atoms with van der Waals surface area (Å²) in [7, 11) is 5.64. The van der Waals surface area contributed by atoms with Gasteiger partial charge in [0.1, 0.15) is 19.0 Å². The minimum atomic E-state index is -0.541. The fourth-order valence-corrected chi connectivity index (χ4v) is 5.36. The van der Waals surface area contributed by atoms with Gasteiger partial charge in [0.25, 0.3) is 0 Å². The zero-order chi connectivity index (χ0) is 28.7. The van der Waals surface area contributed by atoms with Gasteiger partial charge in [0.2, 0.25) is 0 Å². The molecule has 0 spiro atoms. The average Bonchev–Trinajstić information content (AvgIpc) is 3.33. The molecule has 0 unspecified atom stereocenters. The van der Waals surface area contributed by atoms with Crippen LogP contribution >= 0.6 is 0 Å². The molecule has 0 amide bonds. The number of carbonyl (C=O) groups is 1. The van der Waals surface area contributed by atoms with Crippen molar-refractivity contribution < 1.29 is 23.7 Å². The van der Waals surface area contributed by atoms with E-state index in [0.29, 0.717) is 19.0 Å². The molecule has 5 rings (SSSR count). The van der Waals surface area contributed by atoms with Gasteiger partial charge in [-0.2, -0.15) is 0 Å². The molecule has 6 heteroatoms. The number of hydrogen-bond acceptors (Lipinski definition) is 5. The first-order chi connectivity index (χ1) is 20.1. The molecule has 1 aliphatic rings. The molecule has 0 atom stereocenters. The third-order valence-electron chi connectivity index (χ3n) is 7.11. The second-order valence-electron chi connectivity index (χ2n) is 9.41. The van der Waals surface area contributed by atoms with Crippen molar-refractivity contribution in [3.63, 3.8) is 0 Å². The van der Waals surface area contributed by atoms with Crippen molar-refractivity contribution in [1.82, 2.24) is 0 Å². The molecule has 0 aliphatic heterocycles. The zero-order valence-corrected chi connectivity index (χ0v) is 22.8. The van der Waals surface area contributed by atoms with Crippen molar-refractivity contribution in [3.8, 4) is 22.6 Å². The van der Waals surface area contributed by atoms with Crippen LogP contribution in [0.4, 0.5) is 0 Å². The SMILES string of the molecule is [B]=C(C=C)OCCOc1ccc(C2(c3ccc(OCCOC(=O)C=C)cc3)c3ccccc3-c3ccccc32)cc1. The van der Waals surface area contributed by atoms with Crippen LogP contribution in [0.1, 0.15) is 22.3 Å². The maximum absolute atomic E-state index is 11.3. The predicted octanol–water partition coefficient (Wildman–Crippen LogP) is 6.04. The minimum absolute atomic E-state index is 0.151. The molecule has 0 aromatic heterocycles. The summed E-state index contributed by atoms with van der Waals surface area (Å²) in [6.45, 7) is 8.08. The van der Waals surface area contributed by atoms with E-state index in [1.165, 1.54) is 28.3 Å². The fraction of sp³-hybridized carbons (Fsp3) is 0.143. The molecular formula is C35H30BO5. The fourth-order valence-electron chi connectivity index (χ4n) is 5.36. The van der Waals surface area contributed by atoms with Crippen molar-refractivity contribution in [3.05, 3.63) is 145 Å². The van der Waals surface area contributed by atoms with Crippen LogP contribution in [-0.2, 0) is 19.7 Å². The molecule has 0 heterocycles. The average molecular weight is 541 g/mol. The summed E-state index contributed by atoms with van der Waals surface area (Å²) in [6.07, 6.45) is 2.60. The summed E-state index contributed by atoms with van der Waals surface area (Å²) in [5, 5.41) is 0. The number of carbonyl (C=O) groups excluding carboxylic acids is 1. The van der Waals surface area contributed by atoms with Gasteiger partial charge in [-0.25, -0.2) is 4.79 Å². The van der Waals surface area contributed by atoms with Gasteiger partial charge >= 0.3 is 148 Å². The van der Waals surface area contributed by atoms with Crippen LogP contribution in [0.5, 0.6) is 11.5 Å². The molecule has 0 fully saturated rings. The molecule has 41 heavy (non-hydrogen) atoms. The summed E-state index contributed by atoms with van der Waals surface area (Å²) < 4.78 is 22.1. The quantitative estimate of drug-likeness (QED) is 0.0788. The van der Waals surface area contributed by atoms with Crippen molar-refractivity contribution in [2.24, 2.45) is 0 Å². The van der Waals surface area contributed by atoms with Crippen LogP contribution in [0.15, 0.2) is 122 Å². The van der Waals surface area contributed by atoms with Crippen molar-refractivity contribution in [1.29, 1.82) is 0 Å². The topological polar surface area (TPSA) is 54.0 Å². The maximum atomic E-state index is 11.3. The molecule has 4 aromatic rings. The van der Waals surface area contributed by atoms with Gasteiger partial charge < -0.3 is 9.47 Å². The van der Waals surface area contributed by atoms with Crippen LogP contribution in [-0.4, -0.2) is 45.5 Å². The zero-order valence-electron chi connectivity index (χ0n) is 22.8. The molecule has 0 N–H and O–H groups in total.